The molecule has 1 unspecified atom stereocenters. The van der Waals surface area contributed by atoms with Gasteiger partial charge in [0.05, 0.1) is 5.02 Å². The van der Waals surface area contributed by atoms with E-state index in [1.54, 1.807) is 0 Å². The Kier molecular flexibility index (Phi) is 3.47. The molecule has 1 aromatic carbocycles. The van der Waals surface area contributed by atoms with Gasteiger partial charge in [0, 0.05) is 34.1 Å². The molecule has 2 bridgehead atoms. The van der Waals surface area contributed by atoms with Gasteiger partial charge in [0.25, 0.3) is 0 Å². The monoisotopic (exact) mass is 306 g/mol. The van der Waals surface area contributed by atoms with E-state index in [9.17, 15) is 0 Å². The zero-order valence-electron chi connectivity index (χ0n) is 11.4. The highest BCUT2D eigenvalue weighted by Gasteiger charge is 2.33. The summed E-state index contributed by atoms with van der Waals surface area (Å²) in [4.78, 5) is 3.87. The van der Waals surface area contributed by atoms with Gasteiger partial charge in [-0.05, 0) is 37.9 Å². The fraction of sp³-hybridized carbons (Fsp3) is 0.500. The predicted octanol–water partition coefficient (Wildman–Crippen LogP) is 3.74. The van der Waals surface area contributed by atoms with Crippen molar-refractivity contribution in [3.8, 4) is 0 Å². The minimum Gasteiger partial charge on any atom is -0.307 e. The van der Waals surface area contributed by atoms with Gasteiger partial charge in [-0.3, -0.25) is 0 Å². The average Bonchev–Trinajstić information content (AvgIpc) is 2.83. The molecule has 0 radical (unpaired) electrons. The summed E-state index contributed by atoms with van der Waals surface area (Å²) < 4.78 is 1.29. The molecule has 3 saturated heterocycles. The van der Waals surface area contributed by atoms with Crippen molar-refractivity contribution in [2.24, 2.45) is 5.92 Å². The molecule has 0 saturated carbocycles. The summed E-state index contributed by atoms with van der Waals surface area (Å²) in [6.45, 7) is 4.72. The number of nitrogens with zero attached hydrogens (tertiary/aromatic N) is 1. The molecule has 106 valence electrons. The Morgan fingerprint density at radius 1 is 1.25 bits per heavy atom. The fourth-order valence-corrected chi connectivity index (χ4v) is 5.05. The van der Waals surface area contributed by atoms with Crippen molar-refractivity contribution in [1.29, 1.82) is 0 Å². The smallest absolute Gasteiger partial charge is 0.0636 e. The second kappa shape index (κ2) is 5.30. The first-order valence-corrected chi connectivity index (χ1v) is 8.62. The summed E-state index contributed by atoms with van der Waals surface area (Å²) in [5.74, 6) is 0.869. The first-order valence-electron chi connectivity index (χ1n) is 7.43. The van der Waals surface area contributed by atoms with E-state index in [4.69, 9.17) is 11.6 Å². The van der Waals surface area contributed by atoms with Crippen LogP contribution < -0.4 is 5.32 Å². The molecular weight excluding hydrogens is 288 g/mol. The van der Waals surface area contributed by atoms with Crippen LogP contribution in [-0.2, 0) is 6.54 Å². The largest absolute Gasteiger partial charge is 0.307 e. The van der Waals surface area contributed by atoms with E-state index in [1.807, 2.05) is 11.3 Å². The van der Waals surface area contributed by atoms with Crippen LogP contribution in [0.5, 0.6) is 0 Å². The number of benzene rings is 1. The van der Waals surface area contributed by atoms with Crippen LogP contribution >= 0.6 is 22.9 Å². The molecule has 5 rings (SSSR count). The number of fused-ring (bicyclic) bond motifs is 4. The SMILES string of the molecule is Clc1c(CNC2CN3CCC2CC3)sc2ccccc12. The van der Waals surface area contributed by atoms with Gasteiger partial charge < -0.3 is 10.2 Å². The topological polar surface area (TPSA) is 15.3 Å². The summed E-state index contributed by atoms with van der Waals surface area (Å²) in [7, 11) is 0. The summed E-state index contributed by atoms with van der Waals surface area (Å²) in [6.07, 6.45) is 2.72. The molecule has 0 aliphatic carbocycles. The lowest BCUT2D eigenvalue weighted by Gasteiger charge is -2.45. The van der Waals surface area contributed by atoms with E-state index >= 15 is 0 Å². The highest BCUT2D eigenvalue weighted by molar-refractivity contribution is 7.19. The van der Waals surface area contributed by atoms with Crippen LogP contribution in [0, 0.1) is 5.92 Å². The fourth-order valence-electron chi connectivity index (χ4n) is 3.60. The normalized spacial score (nSPS) is 29.1. The number of hydrogen-bond acceptors (Lipinski definition) is 3. The molecule has 1 atom stereocenters. The van der Waals surface area contributed by atoms with E-state index in [0.717, 1.165) is 17.5 Å². The standard InChI is InChI=1S/C16H19ClN2S/c17-16-12-3-1-2-4-14(12)20-15(16)9-18-13-10-19-7-5-11(13)6-8-19/h1-4,11,13,18H,5-10H2. The van der Waals surface area contributed by atoms with Crippen molar-refractivity contribution in [2.75, 3.05) is 19.6 Å². The lowest BCUT2D eigenvalue weighted by atomic mass is 9.84. The Labute approximate surface area is 128 Å². The highest BCUT2D eigenvalue weighted by Crippen LogP contribution is 2.35. The molecule has 4 heterocycles. The Bertz CT molecular complexity index is 616. The summed E-state index contributed by atoms with van der Waals surface area (Å²) in [5, 5.41) is 5.90. The van der Waals surface area contributed by atoms with Crippen molar-refractivity contribution in [3.05, 3.63) is 34.2 Å². The molecule has 3 fully saturated rings. The first kappa shape index (κ1) is 13.1. The van der Waals surface area contributed by atoms with Crippen molar-refractivity contribution in [1.82, 2.24) is 10.2 Å². The van der Waals surface area contributed by atoms with E-state index in [-0.39, 0.29) is 0 Å². The van der Waals surface area contributed by atoms with Gasteiger partial charge >= 0.3 is 0 Å². The summed E-state index contributed by atoms with van der Waals surface area (Å²) >= 11 is 8.34. The molecule has 0 amide bonds. The number of halogens is 1. The molecule has 4 heteroatoms. The third-order valence-corrected chi connectivity index (χ3v) is 6.50. The average molecular weight is 307 g/mol. The van der Waals surface area contributed by atoms with Gasteiger partial charge in [0.2, 0.25) is 0 Å². The van der Waals surface area contributed by atoms with Gasteiger partial charge in [-0.1, -0.05) is 29.8 Å². The molecule has 3 aliphatic heterocycles. The summed E-state index contributed by atoms with van der Waals surface area (Å²) in [6, 6.07) is 9.07. The van der Waals surface area contributed by atoms with Gasteiger partial charge in [-0.2, -0.15) is 0 Å². The van der Waals surface area contributed by atoms with Crippen LogP contribution in [0.25, 0.3) is 10.1 Å². The molecule has 1 aromatic heterocycles. The van der Waals surface area contributed by atoms with Gasteiger partial charge in [-0.15, -0.1) is 11.3 Å². The lowest BCUT2D eigenvalue weighted by molar-refractivity contribution is 0.0721. The van der Waals surface area contributed by atoms with Crippen LogP contribution in [0.3, 0.4) is 0 Å². The molecule has 20 heavy (non-hydrogen) atoms. The lowest BCUT2D eigenvalue weighted by Crippen LogP contribution is -2.55. The molecule has 3 aliphatic rings. The molecule has 2 aromatic rings. The first-order chi connectivity index (χ1) is 9.81. The van der Waals surface area contributed by atoms with E-state index in [0.29, 0.717) is 6.04 Å². The maximum atomic E-state index is 6.51. The molecule has 1 N–H and O–H groups in total. The number of rotatable bonds is 3. The quantitative estimate of drug-likeness (QED) is 0.929. The van der Waals surface area contributed by atoms with Gasteiger partial charge in [0.15, 0.2) is 0 Å². The van der Waals surface area contributed by atoms with Crippen molar-refractivity contribution < 1.29 is 0 Å². The predicted molar refractivity (Wildman–Crippen MR) is 86.6 cm³/mol. The second-order valence-electron chi connectivity index (χ2n) is 5.96. The van der Waals surface area contributed by atoms with E-state index < -0.39 is 0 Å². The van der Waals surface area contributed by atoms with Gasteiger partial charge in [0.1, 0.15) is 0 Å². The van der Waals surface area contributed by atoms with E-state index in [1.165, 1.54) is 47.4 Å². The van der Waals surface area contributed by atoms with Crippen LogP contribution in [0.2, 0.25) is 5.02 Å². The minimum absolute atomic E-state index is 0.652. The maximum Gasteiger partial charge on any atom is 0.0636 e. The third-order valence-electron chi connectivity index (χ3n) is 4.78. The molecular formula is C16H19ClN2S. The number of nitrogens with one attached hydrogen (secondary N) is 1. The second-order valence-corrected chi connectivity index (χ2v) is 7.48. The van der Waals surface area contributed by atoms with Crippen LogP contribution in [0.4, 0.5) is 0 Å². The van der Waals surface area contributed by atoms with Crippen molar-refractivity contribution in [2.45, 2.75) is 25.4 Å². The Hall–Kier alpha value is -0.610. The van der Waals surface area contributed by atoms with Crippen molar-refractivity contribution in [3.63, 3.8) is 0 Å². The highest BCUT2D eigenvalue weighted by atomic mass is 35.5. The Balaban J connectivity index is 1.49. The Morgan fingerprint density at radius 2 is 2.05 bits per heavy atom. The van der Waals surface area contributed by atoms with Crippen LogP contribution in [0.15, 0.2) is 24.3 Å². The molecule has 2 nitrogen and oxygen atoms in total. The van der Waals surface area contributed by atoms with Crippen LogP contribution in [-0.4, -0.2) is 30.6 Å². The van der Waals surface area contributed by atoms with Crippen molar-refractivity contribution >= 4 is 33.0 Å². The maximum absolute atomic E-state index is 6.51. The van der Waals surface area contributed by atoms with E-state index in [2.05, 4.69) is 34.5 Å². The number of hydrogen-bond donors (Lipinski definition) is 1. The number of piperidine rings is 3. The number of thiophene rings is 1. The van der Waals surface area contributed by atoms with Gasteiger partial charge in [-0.25, -0.2) is 0 Å². The third kappa shape index (κ3) is 2.27. The van der Waals surface area contributed by atoms with Crippen LogP contribution in [0.1, 0.15) is 17.7 Å². The summed E-state index contributed by atoms with van der Waals surface area (Å²) in [5.41, 5.74) is 0. The zero-order valence-corrected chi connectivity index (χ0v) is 13.0. The molecule has 0 spiro atoms. The zero-order chi connectivity index (χ0) is 13.5. The minimum atomic E-state index is 0.652. The Morgan fingerprint density at radius 3 is 2.75 bits per heavy atom.